The maximum atomic E-state index is 15.1. The molecule has 8 atom stereocenters. The molecule has 0 radical (unpaired) electrons. The number of benzene rings is 3. The fourth-order valence-electron chi connectivity index (χ4n) is 10.6. The summed E-state index contributed by atoms with van der Waals surface area (Å²) in [5, 5.41) is 8.86. The highest BCUT2D eigenvalue weighted by Crippen LogP contribution is 2.26. The van der Waals surface area contributed by atoms with Crippen LogP contribution in [0.15, 0.2) is 97.6 Å². The van der Waals surface area contributed by atoms with Gasteiger partial charge in [0.1, 0.15) is 30.0 Å². The number of ether oxygens (including phenoxy) is 4. The molecule has 2 aromatic heterocycles. The molecule has 1 saturated heterocycles. The fraction of sp³-hybridized carbons (Fsp3) is 0.522. The van der Waals surface area contributed by atoms with Gasteiger partial charge in [0.05, 0.1) is 25.5 Å². The van der Waals surface area contributed by atoms with Crippen molar-refractivity contribution < 1.29 is 61.7 Å². The maximum absolute atomic E-state index is 15.1. The lowest BCUT2D eigenvalue weighted by molar-refractivity contribution is -0.176. The Kier molecular flexibility index (Phi) is 24.3. The SMILES string of the molecule is Cc1cnn(Cc2ccc(C[C@H]3OC(=O)[C@H](CC(C)C)N(C)C(=O)[C@@H](C)OC(=O)[C@H](CC(C)C)N(C)C(=O)[C@@H](Cc4ccc(Cn5cc(-c6ccc(F)cc6)cn5)cc4)OC(=O)[C@H](CC(C)C)N(C)C(=O)[C@@H](C)OC(=O)[C@H](CC(C)C)N(C)C3=O)cc2)c1. The number of carbonyl (C=O) groups is 8. The minimum absolute atomic E-state index is 0.0598. The van der Waals surface area contributed by atoms with Crippen molar-refractivity contribution in [1.82, 2.24) is 39.2 Å². The highest BCUT2D eigenvalue weighted by Gasteiger charge is 2.43. The van der Waals surface area contributed by atoms with E-state index in [4.69, 9.17) is 18.9 Å². The van der Waals surface area contributed by atoms with Crippen molar-refractivity contribution in [3.63, 3.8) is 0 Å². The molecule has 6 rings (SSSR count). The summed E-state index contributed by atoms with van der Waals surface area (Å²) < 4.78 is 41.5. The molecule has 0 saturated carbocycles. The molecule has 0 aliphatic carbocycles. The molecule has 476 valence electrons. The van der Waals surface area contributed by atoms with Gasteiger partial charge in [-0.3, -0.25) is 28.5 Å². The molecule has 3 heterocycles. The number of cyclic esters (lactones) is 4. The zero-order valence-electron chi connectivity index (χ0n) is 53.7. The van der Waals surface area contributed by atoms with E-state index in [9.17, 15) is 33.2 Å². The molecule has 0 spiro atoms. The number of hydrogen-bond donors (Lipinski definition) is 0. The summed E-state index contributed by atoms with van der Waals surface area (Å²) in [5.74, 6) is -7.98. The number of esters is 4. The quantitative estimate of drug-likeness (QED) is 0.0632. The first-order valence-corrected chi connectivity index (χ1v) is 30.3. The second kappa shape index (κ2) is 31.1. The number of aryl methyl sites for hydroxylation is 1. The van der Waals surface area contributed by atoms with Gasteiger partial charge in [0.15, 0.2) is 24.4 Å². The van der Waals surface area contributed by atoms with Crippen LogP contribution in [0.1, 0.15) is 123 Å². The van der Waals surface area contributed by atoms with E-state index in [1.54, 1.807) is 58.2 Å². The van der Waals surface area contributed by atoms with Crippen molar-refractivity contribution >= 4 is 47.5 Å². The van der Waals surface area contributed by atoms with Crippen LogP contribution >= 0.6 is 0 Å². The van der Waals surface area contributed by atoms with E-state index in [1.165, 1.54) is 54.2 Å². The molecular weight excluding hydrogens is 1130 g/mol. The van der Waals surface area contributed by atoms with Gasteiger partial charge in [0.2, 0.25) is 0 Å². The van der Waals surface area contributed by atoms with Gasteiger partial charge in [-0.1, -0.05) is 116 Å². The number of amides is 4. The van der Waals surface area contributed by atoms with E-state index in [-0.39, 0.29) is 68.0 Å². The molecule has 5 aromatic rings. The summed E-state index contributed by atoms with van der Waals surface area (Å²) in [6, 6.07) is 15.4. The zero-order valence-corrected chi connectivity index (χ0v) is 53.7. The van der Waals surface area contributed by atoms with Crippen LogP contribution in [0.4, 0.5) is 4.39 Å². The Balaban J connectivity index is 1.37. The Bertz CT molecular complexity index is 3180. The Hall–Kier alpha value is -8.23. The smallest absolute Gasteiger partial charge is 0.329 e. The van der Waals surface area contributed by atoms with Gasteiger partial charge in [0.25, 0.3) is 23.6 Å². The Morgan fingerprint density at radius 1 is 0.420 bits per heavy atom. The van der Waals surface area contributed by atoms with E-state index in [0.29, 0.717) is 24.2 Å². The van der Waals surface area contributed by atoms with Gasteiger partial charge in [-0.05, 0) is 116 Å². The first-order chi connectivity index (χ1) is 41.5. The molecule has 4 amide bonds. The largest absolute Gasteiger partial charge is 0.451 e. The molecule has 1 aliphatic rings. The lowest BCUT2D eigenvalue weighted by atomic mass is 9.99. The van der Waals surface area contributed by atoms with Crippen molar-refractivity contribution in [2.24, 2.45) is 23.7 Å². The number of carbonyl (C=O) groups excluding carboxylic acids is 8. The molecular formula is C67H89FN8O12. The van der Waals surface area contributed by atoms with E-state index >= 15 is 9.59 Å². The summed E-state index contributed by atoms with van der Waals surface area (Å²) in [6.45, 7) is 20.2. The first kappa shape index (κ1) is 68.9. The molecule has 0 bridgehead atoms. The van der Waals surface area contributed by atoms with E-state index in [2.05, 4.69) is 10.2 Å². The number of rotatable bonds is 17. The minimum atomic E-state index is -1.58. The van der Waals surface area contributed by atoms with Crippen molar-refractivity contribution in [2.45, 2.75) is 176 Å². The summed E-state index contributed by atoms with van der Waals surface area (Å²) in [4.78, 5) is 123. The van der Waals surface area contributed by atoms with Crippen molar-refractivity contribution in [3.05, 3.63) is 131 Å². The molecule has 88 heavy (non-hydrogen) atoms. The van der Waals surface area contributed by atoms with Crippen LogP contribution < -0.4 is 0 Å². The number of hydrogen-bond acceptors (Lipinski definition) is 14. The van der Waals surface area contributed by atoms with Crippen LogP contribution in [-0.2, 0) is 83.2 Å². The molecule has 1 fully saturated rings. The monoisotopic (exact) mass is 1220 g/mol. The van der Waals surface area contributed by atoms with E-state index in [0.717, 1.165) is 47.4 Å². The van der Waals surface area contributed by atoms with Crippen LogP contribution in [0.5, 0.6) is 0 Å². The van der Waals surface area contributed by atoms with Crippen molar-refractivity contribution in [1.29, 1.82) is 0 Å². The second-order valence-corrected chi connectivity index (χ2v) is 25.1. The number of nitrogens with zero attached hydrogens (tertiary/aromatic N) is 8. The number of aromatic nitrogens is 4. The van der Waals surface area contributed by atoms with Gasteiger partial charge < -0.3 is 38.5 Å². The Morgan fingerprint density at radius 3 is 1.08 bits per heavy atom. The van der Waals surface area contributed by atoms with Crippen LogP contribution in [0, 0.1) is 36.4 Å². The van der Waals surface area contributed by atoms with E-state index in [1.807, 2.05) is 99.0 Å². The standard InChI is InChI=1S/C67H89FN8O12/c1-40(2)28-54-64(81)85-46(11)61(78)72(13)57(31-43(7)8)67(84)88-59(33-48-18-22-50(23-19-48)38-76-39-52(35-70-76)51-24-26-53(68)27-25-51)63(80)74(15)55(29-41(3)4)65(82)86-45(10)60(77)71(12)56(30-42(5)6)66(83)87-58(62(79)73(54)14)32-47-16-20-49(21-17-47)37-75-36-44(9)34-69-75/h16-27,34-36,39-43,45-46,54-59H,28-33,37-38H2,1-15H3/t45-,46-,54+,55+,56+,57+,58-,59-/m1/s1. The predicted octanol–water partition coefficient (Wildman–Crippen LogP) is 8.27. The highest BCUT2D eigenvalue weighted by molar-refractivity contribution is 5.94. The minimum Gasteiger partial charge on any atom is -0.451 e. The molecule has 21 heteroatoms. The van der Waals surface area contributed by atoms with Crippen LogP contribution in [-0.4, -0.2) is 163 Å². The number of likely N-dealkylation sites (N-methyl/N-ethyl adjacent to an activating group) is 4. The average Bonchev–Trinajstić information content (AvgIpc) is 1.95. The lowest BCUT2D eigenvalue weighted by Crippen LogP contribution is -2.55. The van der Waals surface area contributed by atoms with Crippen LogP contribution in [0.3, 0.4) is 0 Å². The molecule has 0 unspecified atom stereocenters. The predicted molar refractivity (Wildman–Crippen MR) is 328 cm³/mol. The fourth-order valence-corrected chi connectivity index (χ4v) is 10.6. The third-order valence-electron chi connectivity index (χ3n) is 15.6. The van der Waals surface area contributed by atoms with Gasteiger partial charge in [-0.2, -0.15) is 10.2 Å². The lowest BCUT2D eigenvalue weighted by Gasteiger charge is -2.35. The van der Waals surface area contributed by atoms with Crippen molar-refractivity contribution in [3.8, 4) is 11.1 Å². The summed E-state index contributed by atoms with van der Waals surface area (Å²) in [6.07, 6.45) is 1.00. The third kappa shape index (κ3) is 18.9. The highest BCUT2D eigenvalue weighted by atomic mass is 19.1. The number of halogens is 1. The molecule has 3 aromatic carbocycles. The van der Waals surface area contributed by atoms with Crippen molar-refractivity contribution in [2.75, 3.05) is 28.2 Å². The van der Waals surface area contributed by atoms with Crippen LogP contribution in [0.25, 0.3) is 11.1 Å². The maximum Gasteiger partial charge on any atom is 0.329 e. The molecule has 1 aliphatic heterocycles. The van der Waals surface area contributed by atoms with Crippen LogP contribution in [0.2, 0.25) is 0 Å². The summed E-state index contributed by atoms with van der Waals surface area (Å²) in [5.41, 5.74) is 5.53. The Morgan fingerprint density at radius 2 is 0.739 bits per heavy atom. The molecule has 20 nitrogen and oxygen atoms in total. The summed E-state index contributed by atoms with van der Waals surface area (Å²) >= 11 is 0. The summed E-state index contributed by atoms with van der Waals surface area (Å²) in [7, 11) is 5.54. The third-order valence-corrected chi connectivity index (χ3v) is 15.6. The first-order valence-electron chi connectivity index (χ1n) is 30.3. The normalized spacial score (nSPS) is 22.2. The second-order valence-electron chi connectivity index (χ2n) is 25.1. The van der Waals surface area contributed by atoms with Gasteiger partial charge in [-0.25, -0.2) is 23.6 Å². The zero-order chi connectivity index (χ0) is 64.8. The van der Waals surface area contributed by atoms with Gasteiger partial charge in [-0.15, -0.1) is 0 Å². The van der Waals surface area contributed by atoms with Gasteiger partial charge in [0, 0.05) is 59.0 Å². The van der Waals surface area contributed by atoms with E-state index < -0.39 is 96.1 Å². The Labute approximate surface area is 517 Å². The average molecular weight is 1220 g/mol. The molecule has 0 N–H and O–H groups in total. The van der Waals surface area contributed by atoms with Gasteiger partial charge >= 0.3 is 23.9 Å². The topological polar surface area (TPSA) is 222 Å².